The molecule has 11 nitrogen and oxygen atoms in total. The van der Waals surface area contributed by atoms with Crippen LogP contribution in [0.25, 0.3) is 0 Å². The molecule has 0 unspecified atom stereocenters. The van der Waals surface area contributed by atoms with Crippen molar-refractivity contribution in [1.29, 1.82) is 0 Å². The maximum Gasteiger partial charge on any atom is 0.260 e. The van der Waals surface area contributed by atoms with Gasteiger partial charge >= 0.3 is 0 Å². The zero-order valence-electron chi connectivity index (χ0n) is 21.8. The summed E-state index contributed by atoms with van der Waals surface area (Å²) in [5.74, 6) is 0.762. The molecule has 12 heteroatoms. The summed E-state index contributed by atoms with van der Waals surface area (Å²) in [6, 6.07) is 14.1. The van der Waals surface area contributed by atoms with Gasteiger partial charge in [-0.15, -0.1) is 0 Å². The topological polar surface area (TPSA) is 127 Å². The van der Waals surface area contributed by atoms with Gasteiger partial charge in [0, 0.05) is 44.4 Å². The van der Waals surface area contributed by atoms with Crippen LogP contribution < -0.4 is 20.7 Å². The van der Waals surface area contributed by atoms with Crippen LogP contribution in [0.3, 0.4) is 0 Å². The number of amides is 2. The van der Waals surface area contributed by atoms with Gasteiger partial charge in [-0.2, -0.15) is 4.98 Å². The Hall–Kier alpha value is -4.19. The van der Waals surface area contributed by atoms with Crippen LogP contribution in [0.2, 0.25) is 5.02 Å². The van der Waals surface area contributed by atoms with E-state index in [0.717, 1.165) is 0 Å². The molecule has 206 valence electrons. The maximum atomic E-state index is 12.5. The minimum atomic E-state index is -0.312. The van der Waals surface area contributed by atoms with Crippen LogP contribution >= 0.6 is 11.6 Å². The van der Waals surface area contributed by atoms with E-state index in [4.69, 9.17) is 25.8 Å². The van der Waals surface area contributed by atoms with Crippen molar-refractivity contribution in [2.45, 2.75) is 0 Å². The molecule has 0 saturated heterocycles. The van der Waals surface area contributed by atoms with Crippen molar-refractivity contribution in [1.82, 2.24) is 14.9 Å². The number of aromatic nitrogens is 2. The number of halogens is 1. The number of methoxy groups -OCH3 is 2. The number of rotatable bonds is 15. The molecule has 0 atom stereocenters. The van der Waals surface area contributed by atoms with Gasteiger partial charge in [0.1, 0.15) is 10.8 Å². The molecule has 2 aromatic carbocycles. The molecule has 39 heavy (non-hydrogen) atoms. The highest BCUT2D eigenvalue weighted by atomic mass is 35.5. The zero-order valence-corrected chi connectivity index (χ0v) is 22.5. The summed E-state index contributed by atoms with van der Waals surface area (Å²) < 4.78 is 15.8. The van der Waals surface area contributed by atoms with Gasteiger partial charge in [-0.1, -0.05) is 24.2 Å². The van der Waals surface area contributed by atoms with E-state index in [9.17, 15) is 9.59 Å². The molecule has 0 aliphatic rings. The van der Waals surface area contributed by atoms with Crippen molar-refractivity contribution in [3.63, 3.8) is 0 Å². The smallest absolute Gasteiger partial charge is 0.260 e. The van der Waals surface area contributed by atoms with Crippen molar-refractivity contribution >= 4 is 52.2 Å². The highest BCUT2D eigenvalue weighted by molar-refractivity contribution is 6.32. The molecule has 1 heterocycles. The predicted octanol–water partition coefficient (Wildman–Crippen LogP) is 4.24. The quantitative estimate of drug-likeness (QED) is 0.236. The fourth-order valence-corrected chi connectivity index (χ4v) is 3.42. The standard InChI is InChI=1S/C27H31ClN6O5/c1-4-24(35)30-20-6-5-7-21(16-20)31-26-23(28)17-29-27(33-26)32-19-8-10-22(11-9-19)39-18-25(36)34(12-14-37-2)13-15-38-3/h4-11,16-17H,1,12-15,18H2,2-3H3,(H,30,35)(H2,29,31,32,33). The number of carbonyl (C=O) groups is 2. The number of benzene rings is 2. The number of ether oxygens (including phenoxy) is 3. The number of nitrogens with one attached hydrogen (secondary N) is 3. The van der Waals surface area contributed by atoms with E-state index in [1.54, 1.807) is 61.6 Å². The van der Waals surface area contributed by atoms with Crippen LogP contribution in [-0.4, -0.2) is 73.8 Å². The highest BCUT2D eigenvalue weighted by Crippen LogP contribution is 2.26. The van der Waals surface area contributed by atoms with E-state index in [2.05, 4.69) is 32.5 Å². The summed E-state index contributed by atoms with van der Waals surface area (Å²) in [7, 11) is 3.17. The SMILES string of the molecule is C=CC(=O)Nc1cccc(Nc2nc(Nc3ccc(OCC(=O)N(CCOC)CCOC)cc3)ncc2Cl)c1. The van der Waals surface area contributed by atoms with Gasteiger partial charge < -0.3 is 35.1 Å². The number of anilines is 5. The van der Waals surface area contributed by atoms with Gasteiger partial charge in [-0.3, -0.25) is 9.59 Å². The third kappa shape index (κ3) is 9.56. The Morgan fingerprint density at radius 3 is 2.36 bits per heavy atom. The molecule has 1 aromatic heterocycles. The number of nitrogens with zero attached hydrogens (tertiary/aromatic N) is 3. The fourth-order valence-electron chi connectivity index (χ4n) is 3.28. The number of carbonyl (C=O) groups excluding carboxylic acids is 2. The Balaban J connectivity index is 1.59. The Morgan fingerprint density at radius 2 is 1.69 bits per heavy atom. The van der Waals surface area contributed by atoms with Crippen LogP contribution in [0.5, 0.6) is 5.75 Å². The molecule has 0 fully saturated rings. The van der Waals surface area contributed by atoms with Gasteiger partial charge in [0.05, 0.1) is 19.4 Å². The Bertz CT molecular complexity index is 1250. The highest BCUT2D eigenvalue weighted by Gasteiger charge is 2.14. The molecule has 3 rings (SSSR count). The second kappa shape index (κ2) is 15.3. The van der Waals surface area contributed by atoms with Crippen LogP contribution in [0.15, 0.2) is 67.4 Å². The third-order valence-electron chi connectivity index (χ3n) is 5.28. The summed E-state index contributed by atoms with van der Waals surface area (Å²) in [4.78, 5) is 34.4. The monoisotopic (exact) mass is 554 g/mol. The lowest BCUT2D eigenvalue weighted by Gasteiger charge is -2.22. The lowest BCUT2D eigenvalue weighted by Crippen LogP contribution is -2.39. The van der Waals surface area contributed by atoms with E-state index in [1.165, 1.54) is 12.3 Å². The van der Waals surface area contributed by atoms with Crippen LogP contribution in [0.4, 0.5) is 28.8 Å². The van der Waals surface area contributed by atoms with Gasteiger partial charge in [0.2, 0.25) is 11.9 Å². The molecule has 0 aliphatic heterocycles. The van der Waals surface area contributed by atoms with E-state index in [-0.39, 0.29) is 18.4 Å². The van der Waals surface area contributed by atoms with Gasteiger partial charge in [0.15, 0.2) is 12.4 Å². The molecule has 0 aliphatic carbocycles. The van der Waals surface area contributed by atoms with E-state index < -0.39 is 0 Å². The first-order valence-corrected chi connectivity index (χ1v) is 12.4. The second-order valence-corrected chi connectivity index (χ2v) is 8.50. The Morgan fingerprint density at radius 1 is 1.00 bits per heavy atom. The van der Waals surface area contributed by atoms with Crippen molar-refractivity contribution in [3.8, 4) is 5.75 Å². The molecule has 3 N–H and O–H groups in total. The minimum absolute atomic E-state index is 0.103. The Labute approximate surface area is 232 Å². The summed E-state index contributed by atoms with van der Waals surface area (Å²) in [6.07, 6.45) is 2.67. The number of hydrogen-bond acceptors (Lipinski definition) is 9. The van der Waals surface area contributed by atoms with Crippen molar-refractivity contribution in [3.05, 3.63) is 72.4 Å². The number of hydrogen-bond donors (Lipinski definition) is 3. The zero-order chi connectivity index (χ0) is 28.0. The van der Waals surface area contributed by atoms with E-state index >= 15 is 0 Å². The molecule has 2 amide bonds. The van der Waals surface area contributed by atoms with Crippen molar-refractivity contribution in [2.75, 3.05) is 63.1 Å². The molecular weight excluding hydrogens is 524 g/mol. The van der Waals surface area contributed by atoms with Gasteiger partial charge in [0.25, 0.3) is 5.91 Å². The third-order valence-corrected chi connectivity index (χ3v) is 5.56. The van der Waals surface area contributed by atoms with Gasteiger partial charge in [-0.25, -0.2) is 4.98 Å². The average molecular weight is 555 g/mol. The fraction of sp³-hybridized carbons (Fsp3) is 0.259. The maximum absolute atomic E-state index is 12.5. The summed E-state index contributed by atoms with van der Waals surface area (Å²) in [5, 5.41) is 9.26. The lowest BCUT2D eigenvalue weighted by molar-refractivity contribution is -0.134. The van der Waals surface area contributed by atoms with Crippen LogP contribution in [-0.2, 0) is 19.1 Å². The largest absolute Gasteiger partial charge is 0.484 e. The average Bonchev–Trinajstić information content (AvgIpc) is 2.94. The van der Waals surface area contributed by atoms with Crippen molar-refractivity contribution < 1.29 is 23.8 Å². The molecule has 0 spiro atoms. The first kappa shape index (κ1) is 29.4. The lowest BCUT2D eigenvalue weighted by atomic mass is 10.2. The first-order valence-electron chi connectivity index (χ1n) is 12.0. The van der Waals surface area contributed by atoms with Crippen LogP contribution in [0, 0.1) is 0 Å². The molecular formula is C27H31ClN6O5. The minimum Gasteiger partial charge on any atom is -0.484 e. The second-order valence-electron chi connectivity index (χ2n) is 8.09. The molecule has 3 aromatic rings. The molecule has 0 saturated carbocycles. The van der Waals surface area contributed by atoms with E-state index in [1.807, 2.05) is 6.07 Å². The Kier molecular flexibility index (Phi) is 11.5. The predicted molar refractivity (Wildman–Crippen MR) is 151 cm³/mol. The van der Waals surface area contributed by atoms with Gasteiger partial charge in [-0.05, 0) is 48.5 Å². The summed E-state index contributed by atoms with van der Waals surface area (Å²) >= 11 is 6.30. The summed E-state index contributed by atoms with van der Waals surface area (Å²) in [6.45, 7) is 5.12. The van der Waals surface area contributed by atoms with Crippen molar-refractivity contribution in [2.24, 2.45) is 0 Å². The first-order chi connectivity index (χ1) is 18.9. The van der Waals surface area contributed by atoms with Crippen LogP contribution in [0.1, 0.15) is 0 Å². The molecule has 0 bridgehead atoms. The summed E-state index contributed by atoms with van der Waals surface area (Å²) in [5.41, 5.74) is 1.97. The normalized spacial score (nSPS) is 10.4. The van der Waals surface area contributed by atoms with E-state index in [0.29, 0.717) is 65.9 Å². The molecule has 0 radical (unpaired) electrons.